The van der Waals surface area contributed by atoms with E-state index < -0.39 is 52.7 Å². The van der Waals surface area contributed by atoms with Gasteiger partial charge in [-0.1, -0.05) is 84.9 Å². The van der Waals surface area contributed by atoms with Gasteiger partial charge in [0.1, 0.15) is 34.9 Å². The van der Waals surface area contributed by atoms with Gasteiger partial charge >= 0.3 is 0 Å². The molecule has 0 aliphatic carbocycles. The highest BCUT2D eigenvalue weighted by atomic mass is 19.1. The molecule has 7 aromatic carbocycles. The molecule has 7 aromatic rings. The minimum absolute atomic E-state index is 0.345. The fourth-order valence-electron chi connectivity index (χ4n) is 6.98. The van der Waals surface area contributed by atoms with Crippen LogP contribution in [-0.4, -0.2) is 0 Å². The van der Waals surface area contributed by atoms with E-state index in [0.717, 1.165) is 0 Å². The number of rotatable bonds is 9. The first-order valence-electron chi connectivity index (χ1n) is 16.6. The molecule has 2 N–H and O–H groups in total. The molecule has 0 radical (unpaired) electrons. The number of benzene rings is 7. The van der Waals surface area contributed by atoms with E-state index in [0.29, 0.717) is 55.8 Å². The van der Waals surface area contributed by atoms with E-state index in [1.54, 1.807) is 72.8 Å². The van der Waals surface area contributed by atoms with E-state index in [9.17, 15) is 26.3 Å². The van der Waals surface area contributed by atoms with Gasteiger partial charge in [0.05, 0.1) is 0 Å². The summed E-state index contributed by atoms with van der Waals surface area (Å²) in [5.74, 6) is -4.46. The highest BCUT2D eigenvalue weighted by Gasteiger charge is 2.29. The zero-order valence-electron chi connectivity index (χ0n) is 27.6. The highest BCUT2D eigenvalue weighted by molar-refractivity contribution is 5.67. The van der Waals surface area contributed by atoms with Crippen LogP contribution in [0.1, 0.15) is 67.8 Å². The predicted molar refractivity (Wildman–Crippen MR) is 192 cm³/mol. The second kappa shape index (κ2) is 14.6. The van der Waals surface area contributed by atoms with E-state index >= 15 is 0 Å². The Morgan fingerprint density at radius 1 is 0.269 bits per heavy atom. The SMILES string of the molecule is Nc1c(C(c2ccc(F)cc2)c2ccc(F)cc2)cc(C(c2ccc(F)cc2)c2ccc(F)cc2)cc1C(c1ccc(F)cc1)c1ccc(F)cc1. The van der Waals surface area contributed by atoms with Gasteiger partial charge in [-0.3, -0.25) is 0 Å². The van der Waals surface area contributed by atoms with Crippen LogP contribution >= 0.6 is 0 Å². The van der Waals surface area contributed by atoms with Crippen LogP contribution in [0.4, 0.5) is 32.0 Å². The normalized spacial score (nSPS) is 11.5. The number of nitrogen functional groups attached to an aromatic ring is 1. The third-order valence-electron chi connectivity index (χ3n) is 9.44. The number of anilines is 1. The van der Waals surface area contributed by atoms with Gasteiger partial charge in [-0.05, 0) is 123 Å². The van der Waals surface area contributed by atoms with Crippen molar-refractivity contribution >= 4 is 5.69 Å². The van der Waals surface area contributed by atoms with Crippen molar-refractivity contribution in [2.24, 2.45) is 0 Å². The lowest BCUT2D eigenvalue weighted by Crippen LogP contribution is -2.15. The minimum atomic E-state index is -0.635. The Bertz CT molecular complexity index is 2030. The van der Waals surface area contributed by atoms with Crippen LogP contribution in [0.3, 0.4) is 0 Å². The van der Waals surface area contributed by atoms with Crippen LogP contribution in [0, 0.1) is 34.9 Å². The molecule has 0 bridgehead atoms. The van der Waals surface area contributed by atoms with Gasteiger partial charge in [0, 0.05) is 23.4 Å². The maximum atomic E-state index is 14.3. The zero-order valence-corrected chi connectivity index (χ0v) is 27.6. The summed E-state index contributed by atoms with van der Waals surface area (Å²) < 4.78 is 85.8. The number of hydrogen-bond acceptors (Lipinski definition) is 1. The quantitative estimate of drug-likeness (QED) is 0.0906. The second-order valence-electron chi connectivity index (χ2n) is 12.7. The topological polar surface area (TPSA) is 26.0 Å². The Labute approximate surface area is 297 Å². The standard InChI is InChI=1S/C45H31F6N/c46-34-13-1-27(2-14-34)42(28-3-15-35(47)16-4-28)33-25-40(43(29-5-17-36(48)18-6-29)30-7-19-37(49)20-8-30)45(52)41(26-33)44(31-9-21-38(50)22-10-31)32-11-23-39(51)24-12-32/h1-26,42-44H,52H2. The Morgan fingerprint density at radius 2 is 0.462 bits per heavy atom. The van der Waals surface area contributed by atoms with Crippen molar-refractivity contribution in [2.75, 3.05) is 5.73 Å². The van der Waals surface area contributed by atoms with Crippen molar-refractivity contribution in [2.45, 2.75) is 17.8 Å². The average Bonchev–Trinajstić information content (AvgIpc) is 3.15. The van der Waals surface area contributed by atoms with Crippen molar-refractivity contribution in [1.82, 2.24) is 0 Å². The third kappa shape index (κ3) is 7.21. The molecule has 0 saturated carbocycles. The second-order valence-corrected chi connectivity index (χ2v) is 12.7. The number of nitrogens with two attached hydrogens (primary N) is 1. The molecule has 0 heterocycles. The van der Waals surface area contributed by atoms with Crippen molar-refractivity contribution < 1.29 is 26.3 Å². The van der Waals surface area contributed by atoms with Gasteiger partial charge in [-0.2, -0.15) is 0 Å². The Hall–Kier alpha value is -6.08. The molecular weight excluding hydrogens is 668 g/mol. The van der Waals surface area contributed by atoms with E-state index in [-0.39, 0.29) is 0 Å². The molecule has 258 valence electrons. The summed E-state index contributed by atoms with van der Waals surface area (Å²) in [5, 5.41) is 0. The molecule has 0 unspecified atom stereocenters. The summed E-state index contributed by atoms with van der Waals surface area (Å²) in [7, 11) is 0. The Balaban J connectivity index is 1.57. The van der Waals surface area contributed by atoms with Gasteiger partial charge in [-0.25, -0.2) is 26.3 Å². The van der Waals surface area contributed by atoms with E-state index in [1.165, 1.54) is 72.8 Å². The molecule has 0 aliphatic heterocycles. The summed E-state index contributed by atoms with van der Waals surface area (Å²) in [6, 6.07) is 39.7. The maximum Gasteiger partial charge on any atom is 0.123 e. The molecule has 52 heavy (non-hydrogen) atoms. The van der Waals surface area contributed by atoms with Gasteiger partial charge < -0.3 is 5.73 Å². The predicted octanol–water partition coefficient (Wildman–Crippen LogP) is 11.6. The lowest BCUT2D eigenvalue weighted by atomic mass is 9.75. The van der Waals surface area contributed by atoms with Crippen LogP contribution in [0.25, 0.3) is 0 Å². The molecular formula is C45H31F6N. The molecule has 7 heteroatoms. The van der Waals surface area contributed by atoms with Gasteiger partial charge in [-0.15, -0.1) is 0 Å². The first-order chi connectivity index (χ1) is 25.1. The van der Waals surface area contributed by atoms with Crippen LogP contribution in [0.15, 0.2) is 158 Å². The minimum Gasteiger partial charge on any atom is -0.398 e. The Morgan fingerprint density at radius 3 is 0.673 bits per heavy atom. The summed E-state index contributed by atoms with van der Waals surface area (Å²) in [4.78, 5) is 0. The number of hydrogen-bond donors (Lipinski definition) is 1. The first-order valence-corrected chi connectivity index (χ1v) is 16.6. The molecule has 7 rings (SSSR count). The number of halogens is 6. The third-order valence-corrected chi connectivity index (χ3v) is 9.44. The van der Waals surface area contributed by atoms with E-state index in [2.05, 4.69) is 0 Å². The lowest BCUT2D eigenvalue weighted by molar-refractivity contribution is 0.625. The summed E-state index contributed by atoms with van der Waals surface area (Å²) >= 11 is 0. The van der Waals surface area contributed by atoms with Gasteiger partial charge in [0.25, 0.3) is 0 Å². The van der Waals surface area contributed by atoms with Crippen molar-refractivity contribution in [3.8, 4) is 0 Å². The van der Waals surface area contributed by atoms with Crippen molar-refractivity contribution in [1.29, 1.82) is 0 Å². The molecule has 0 amide bonds. The monoisotopic (exact) mass is 699 g/mol. The van der Waals surface area contributed by atoms with Crippen LogP contribution in [-0.2, 0) is 0 Å². The van der Waals surface area contributed by atoms with Crippen molar-refractivity contribution in [3.05, 3.63) is 243 Å². The van der Waals surface area contributed by atoms with Gasteiger partial charge in [0.2, 0.25) is 0 Å². The fourth-order valence-corrected chi connectivity index (χ4v) is 6.98. The fraction of sp³-hybridized carbons (Fsp3) is 0.0667. The molecule has 1 nitrogen and oxygen atoms in total. The van der Waals surface area contributed by atoms with Gasteiger partial charge in [0.15, 0.2) is 0 Å². The lowest BCUT2D eigenvalue weighted by Gasteiger charge is -2.29. The maximum absolute atomic E-state index is 14.3. The van der Waals surface area contributed by atoms with Crippen LogP contribution in [0.5, 0.6) is 0 Å². The molecule has 0 aliphatic rings. The van der Waals surface area contributed by atoms with Crippen LogP contribution in [0.2, 0.25) is 0 Å². The summed E-state index contributed by atoms with van der Waals surface area (Å²) in [6.45, 7) is 0. The molecule has 0 saturated heterocycles. The van der Waals surface area contributed by atoms with Crippen molar-refractivity contribution in [3.63, 3.8) is 0 Å². The smallest absolute Gasteiger partial charge is 0.123 e. The highest BCUT2D eigenvalue weighted by Crippen LogP contribution is 2.45. The molecule has 0 atom stereocenters. The van der Waals surface area contributed by atoms with E-state index in [4.69, 9.17) is 5.73 Å². The first kappa shape index (κ1) is 34.4. The van der Waals surface area contributed by atoms with E-state index in [1.807, 2.05) is 12.1 Å². The average molecular weight is 700 g/mol. The molecule has 0 fully saturated rings. The molecule has 0 aromatic heterocycles. The Kier molecular flexibility index (Phi) is 9.68. The largest absolute Gasteiger partial charge is 0.398 e. The molecule has 0 spiro atoms. The van der Waals surface area contributed by atoms with Crippen LogP contribution < -0.4 is 5.73 Å². The summed E-state index contributed by atoms with van der Waals surface area (Å²) in [6.07, 6.45) is 0. The zero-order chi connectivity index (χ0) is 36.4. The summed E-state index contributed by atoms with van der Waals surface area (Å²) in [5.41, 5.74) is 13.6.